The number of oxime groups is 1. The Morgan fingerprint density at radius 2 is 1.58 bits per heavy atom. The van der Waals surface area contributed by atoms with Crippen LogP contribution in [0.3, 0.4) is 0 Å². The van der Waals surface area contributed by atoms with Gasteiger partial charge in [0, 0.05) is 66.9 Å². The van der Waals surface area contributed by atoms with Gasteiger partial charge in [-0.25, -0.2) is 14.8 Å². The van der Waals surface area contributed by atoms with Crippen molar-refractivity contribution in [3.63, 3.8) is 0 Å². The summed E-state index contributed by atoms with van der Waals surface area (Å²) in [5.41, 5.74) is 9.33. The number of hydrogen-bond acceptors (Lipinski definition) is 7. The minimum absolute atomic E-state index is 0.115. The van der Waals surface area contributed by atoms with Crippen LogP contribution in [-0.2, 0) is 20.8 Å². The Labute approximate surface area is 319 Å². The second-order valence-electron chi connectivity index (χ2n) is 13.4. The summed E-state index contributed by atoms with van der Waals surface area (Å²) in [6.45, 7) is 2.80. The summed E-state index contributed by atoms with van der Waals surface area (Å²) in [6.07, 6.45) is 12.0. The first kappa shape index (κ1) is 36.6. The molecule has 11 nitrogen and oxygen atoms in total. The molecule has 278 valence electrons. The molecule has 11 heteroatoms. The minimum Gasteiger partial charge on any atom is -0.478 e. The second-order valence-corrected chi connectivity index (χ2v) is 13.4. The third-order valence-corrected chi connectivity index (χ3v) is 9.57. The van der Waals surface area contributed by atoms with Crippen molar-refractivity contribution in [2.75, 3.05) is 24.5 Å². The maximum absolute atomic E-state index is 12.5. The van der Waals surface area contributed by atoms with Gasteiger partial charge in [-0.05, 0) is 72.7 Å². The fourth-order valence-corrected chi connectivity index (χ4v) is 6.59. The molecule has 0 saturated carbocycles. The highest BCUT2D eigenvalue weighted by Crippen LogP contribution is 2.34. The molecule has 1 amide bonds. The van der Waals surface area contributed by atoms with Gasteiger partial charge < -0.3 is 30.1 Å². The molecule has 1 saturated heterocycles. The van der Waals surface area contributed by atoms with Crippen LogP contribution in [-0.4, -0.2) is 68.4 Å². The van der Waals surface area contributed by atoms with E-state index in [1.807, 2.05) is 72.8 Å². The molecule has 0 spiro atoms. The van der Waals surface area contributed by atoms with E-state index in [1.54, 1.807) is 24.8 Å². The van der Waals surface area contributed by atoms with Crippen LogP contribution < -0.4 is 10.2 Å². The largest absolute Gasteiger partial charge is 0.478 e. The standard InChI is InChI=1S/C41H39N5O4.C3H4N2/c47-37(42-24-6-9-28-7-2-1-3-8-28)23-12-29-10-13-31(14-11-29)38-39(32-17-15-30(16-18-32)35-27-36(41(48)49)50-45-35)44-40(43-38)33-19-21-34(22-20-33)46-25-4-5-26-46;1-2-5-3-4-1/h1-3,7-8,10-23,36H,4-6,9,24-27H2,(H,42,47)(H,43,44)(H,48,49);1-3H,(H,4,5). The summed E-state index contributed by atoms with van der Waals surface area (Å²) in [7, 11) is 0. The molecule has 1 unspecified atom stereocenters. The van der Waals surface area contributed by atoms with Crippen LogP contribution in [0, 0.1) is 0 Å². The topological polar surface area (TPSA) is 149 Å². The van der Waals surface area contributed by atoms with Gasteiger partial charge in [-0.3, -0.25) is 4.79 Å². The Balaban J connectivity index is 0.000000862. The van der Waals surface area contributed by atoms with Crippen molar-refractivity contribution < 1.29 is 19.5 Å². The number of aliphatic carboxylic acids is 1. The van der Waals surface area contributed by atoms with Gasteiger partial charge in [-0.15, -0.1) is 0 Å². The van der Waals surface area contributed by atoms with E-state index >= 15 is 0 Å². The van der Waals surface area contributed by atoms with E-state index in [-0.39, 0.29) is 12.3 Å². The lowest BCUT2D eigenvalue weighted by Gasteiger charge is -2.17. The van der Waals surface area contributed by atoms with Gasteiger partial charge in [0.05, 0.1) is 23.4 Å². The van der Waals surface area contributed by atoms with E-state index < -0.39 is 12.1 Å². The third-order valence-electron chi connectivity index (χ3n) is 9.57. The van der Waals surface area contributed by atoms with Gasteiger partial charge in [-0.1, -0.05) is 84.0 Å². The van der Waals surface area contributed by atoms with Crippen molar-refractivity contribution >= 4 is 29.4 Å². The number of anilines is 1. The highest BCUT2D eigenvalue weighted by Gasteiger charge is 2.28. The predicted octanol–water partition coefficient (Wildman–Crippen LogP) is 7.76. The van der Waals surface area contributed by atoms with Gasteiger partial charge in [0.15, 0.2) is 0 Å². The number of benzene rings is 4. The second kappa shape index (κ2) is 17.8. The van der Waals surface area contributed by atoms with Crippen LogP contribution in [0.1, 0.15) is 42.4 Å². The molecule has 2 aromatic heterocycles. The Hall–Kier alpha value is -6.75. The first-order chi connectivity index (χ1) is 27.0. The van der Waals surface area contributed by atoms with Crippen LogP contribution in [0.4, 0.5) is 5.69 Å². The van der Waals surface area contributed by atoms with E-state index in [4.69, 9.17) is 9.82 Å². The van der Waals surface area contributed by atoms with Gasteiger partial charge in [0.2, 0.25) is 12.0 Å². The van der Waals surface area contributed by atoms with Crippen molar-refractivity contribution in [2.45, 2.75) is 38.2 Å². The third kappa shape index (κ3) is 9.63. The molecule has 2 aliphatic rings. The van der Waals surface area contributed by atoms with Crippen LogP contribution >= 0.6 is 0 Å². The number of amides is 1. The smallest absolute Gasteiger partial charge is 0.348 e. The Kier molecular flexibility index (Phi) is 11.9. The van der Waals surface area contributed by atoms with Crippen molar-refractivity contribution in [3.8, 4) is 33.9 Å². The zero-order valence-electron chi connectivity index (χ0n) is 30.4. The van der Waals surface area contributed by atoms with Gasteiger partial charge in [0.1, 0.15) is 5.82 Å². The number of carbonyl (C=O) groups is 2. The zero-order chi connectivity index (χ0) is 37.8. The van der Waals surface area contributed by atoms with E-state index in [1.165, 1.54) is 24.1 Å². The molecule has 8 rings (SSSR count). The molecule has 4 N–H and O–H groups in total. The zero-order valence-corrected chi connectivity index (χ0v) is 30.4. The fraction of sp³-hybridized carbons (Fsp3) is 0.205. The number of hydrogen-bond donors (Lipinski definition) is 4. The summed E-state index contributed by atoms with van der Waals surface area (Å²) >= 11 is 0. The molecule has 55 heavy (non-hydrogen) atoms. The van der Waals surface area contributed by atoms with Crippen molar-refractivity contribution in [2.24, 2.45) is 5.16 Å². The highest BCUT2D eigenvalue weighted by atomic mass is 16.7. The Morgan fingerprint density at radius 1 is 0.873 bits per heavy atom. The van der Waals surface area contributed by atoms with Crippen molar-refractivity contribution in [1.29, 1.82) is 0 Å². The van der Waals surface area contributed by atoms with Crippen molar-refractivity contribution in [1.82, 2.24) is 25.3 Å². The summed E-state index contributed by atoms with van der Waals surface area (Å²) in [4.78, 5) is 46.4. The number of carboxylic acid groups (broad SMARTS) is 1. The summed E-state index contributed by atoms with van der Waals surface area (Å²) in [6, 6.07) is 34.6. The number of nitrogens with one attached hydrogen (secondary N) is 3. The number of carboxylic acids is 1. The highest BCUT2D eigenvalue weighted by molar-refractivity contribution is 6.03. The molecule has 4 heterocycles. The number of rotatable bonds is 12. The summed E-state index contributed by atoms with van der Waals surface area (Å²) in [5.74, 6) is -0.380. The summed E-state index contributed by atoms with van der Waals surface area (Å²) in [5, 5.41) is 16.3. The normalized spacial score (nSPS) is 14.9. The molecular weight excluding hydrogens is 691 g/mol. The van der Waals surface area contributed by atoms with Gasteiger partial charge in [-0.2, -0.15) is 0 Å². The molecular formula is C44H43N7O4. The average molecular weight is 734 g/mol. The summed E-state index contributed by atoms with van der Waals surface area (Å²) < 4.78 is 0. The molecule has 2 aliphatic heterocycles. The van der Waals surface area contributed by atoms with Crippen LogP contribution in [0.5, 0.6) is 0 Å². The first-order valence-electron chi connectivity index (χ1n) is 18.5. The lowest BCUT2D eigenvalue weighted by atomic mass is 10.00. The molecule has 6 aromatic rings. The minimum atomic E-state index is -1.03. The van der Waals surface area contributed by atoms with Gasteiger partial charge in [0.25, 0.3) is 0 Å². The molecule has 0 radical (unpaired) electrons. The number of carbonyl (C=O) groups excluding carboxylic acids is 1. The van der Waals surface area contributed by atoms with Gasteiger partial charge >= 0.3 is 5.97 Å². The monoisotopic (exact) mass is 733 g/mol. The first-order valence-corrected chi connectivity index (χ1v) is 18.5. The molecule has 1 fully saturated rings. The maximum atomic E-state index is 12.5. The number of aryl methyl sites for hydroxylation is 1. The lowest BCUT2D eigenvalue weighted by Crippen LogP contribution is -2.22. The van der Waals surface area contributed by atoms with E-state index in [0.717, 1.165) is 71.0 Å². The Morgan fingerprint density at radius 3 is 2.24 bits per heavy atom. The van der Waals surface area contributed by atoms with E-state index in [9.17, 15) is 14.7 Å². The number of H-pyrrole nitrogens is 2. The maximum Gasteiger partial charge on any atom is 0.348 e. The van der Waals surface area contributed by atoms with Crippen molar-refractivity contribution in [3.05, 3.63) is 145 Å². The van der Waals surface area contributed by atoms with Crippen LogP contribution in [0.25, 0.3) is 40.0 Å². The fourth-order valence-electron chi connectivity index (χ4n) is 6.59. The Bertz CT molecular complexity index is 2190. The molecule has 4 aromatic carbocycles. The number of nitrogens with zero attached hydrogens (tertiary/aromatic N) is 4. The lowest BCUT2D eigenvalue weighted by molar-refractivity contribution is -0.148. The van der Waals surface area contributed by atoms with E-state index in [2.05, 4.69) is 66.7 Å². The quantitative estimate of drug-likeness (QED) is 0.0742. The number of imidazole rings is 2. The average Bonchev–Trinajstić information content (AvgIpc) is 4.08. The number of aromatic amines is 2. The molecule has 0 aliphatic carbocycles. The predicted molar refractivity (Wildman–Crippen MR) is 215 cm³/mol. The van der Waals surface area contributed by atoms with Crippen LogP contribution in [0.15, 0.2) is 133 Å². The molecule has 1 atom stereocenters. The molecule has 0 bridgehead atoms. The van der Waals surface area contributed by atoms with Crippen LogP contribution in [0.2, 0.25) is 0 Å². The SMILES string of the molecule is O=C(C=Cc1ccc(-c2[nH]c(-c3ccc(N4CCCC4)cc3)nc2-c2ccc(C3=NOC(C(=O)O)C3)cc2)cc1)NCCCc1ccccc1.c1c[nH]cn1. The van der Waals surface area contributed by atoms with E-state index in [0.29, 0.717) is 12.3 Å². The number of aromatic nitrogens is 4.